The van der Waals surface area contributed by atoms with E-state index in [-0.39, 0.29) is 0 Å². The maximum absolute atomic E-state index is 3.90. The van der Waals surface area contributed by atoms with Crippen molar-refractivity contribution in [2.75, 3.05) is 27.2 Å². The van der Waals surface area contributed by atoms with Crippen LogP contribution in [0.3, 0.4) is 0 Å². The third-order valence-corrected chi connectivity index (χ3v) is 4.14. The van der Waals surface area contributed by atoms with Crippen molar-refractivity contribution in [3.63, 3.8) is 0 Å². The molecule has 3 nitrogen and oxygen atoms in total. The van der Waals surface area contributed by atoms with Gasteiger partial charge in [0, 0.05) is 25.2 Å². The molecular formula is C17H29N3. The third-order valence-electron chi connectivity index (χ3n) is 4.14. The van der Waals surface area contributed by atoms with E-state index in [1.165, 1.54) is 11.1 Å². The molecule has 0 aromatic heterocycles. The van der Waals surface area contributed by atoms with Crippen LogP contribution in [0, 0.1) is 5.92 Å². The van der Waals surface area contributed by atoms with Crippen LogP contribution in [0.2, 0.25) is 0 Å². The number of rotatable bonds is 5. The first-order chi connectivity index (χ1) is 9.58. The van der Waals surface area contributed by atoms with Gasteiger partial charge in [0.1, 0.15) is 0 Å². The van der Waals surface area contributed by atoms with E-state index in [9.17, 15) is 0 Å². The molecule has 0 spiro atoms. The van der Waals surface area contributed by atoms with Crippen molar-refractivity contribution in [1.29, 1.82) is 0 Å². The van der Waals surface area contributed by atoms with Crippen molar-refractivity contribution in [3.8, 4) is 0 Å². The minimum atomic E-state index is 0.466. The van der Waals surface area contributed by atoms with Crippen molar-refractivity contribution in [1.82, 2.24) is 15.5 Å². The molecule has 2 N–H and O–H groups in total. The SMILES string of the molecule is CC(C)C(CN(C)C)NC1CCNCc2ccccc21. The van der Waals surface area contributed by atoms with Gasteiger partial charge in [-0.3, -0.25) is 0 Å². The average Bonchev–Trinajstić information content (AvgIpc) is 2.60. The van der Waals surface area contributed by atoms with Gasteiger partial charge in [0.15, 0.2) is 0 Å². The Bertz CT molecular complexity index is 414. The molecule has 0 bridgehead atoms. The molecule has 3 heteroatoms. The Hall–Kier alpha value is -0.900. The Morgan fingerprint density at radius 3 is 2.75 bits per heavy atom. The standard InChI is InChI=1S/C17H29N3/c1-13(2)17(12-20(3)4)19-16-9-10-18-11-14-7-5-6-8-15(14)16/h5-8,13,16-19H,9-12H2,1-4H3. The van der Waals surface area contributed by atoms with Crippen LogP contribution in [-0.2, 0) is 6.54 Å². The van der Waals surface area contributed by atoms with Gasteiger partial charge in [0.25, 0.3) is 0 Å². The molecule has 2 atom stereocenters. The van der Waals surface area contributed by atoms with Gasteiger partial charge in [0.2, 0.25) is 0 Å². The first-order valence-corrected chi connectivity index (χ1v) is 7.77. The minimum Gasteiger partial charge on any atom is -0.313 e. The van der Waals surface area contributed by atoms with E-state index in [4.69, 9.17) is 0 Å². The van der Waals surface area contributed by atoms with Crippen LogP contribution < -0.4 is 10.6 Å². The number of nitrogens with one attached hydrogen (secondary N) is 2. The highest BCUT2D eigenvalue weighted by molar-refractivity contribution is 5.31. The predicted molar refractivity (Wildman–Crippen MR) is 85.8 cm³/mol. The molecule has 1 aromatic carbocycles. The molecule has 1 aromatic rings. The first kappa shape index (κ1) is 15.5. The molecule has 112 valence electrons. The summed E-state index contributed by atoms with van der Waals surface area (Å²) in [5.74, 6) is 0.640. The van der Waals surface area contributed by atoms with Gasteiger partial charge >= 0.3 is 0 Å². The van der Waals surface area contributed by atoms with Crippen molar-refractivity contribution >= 4 is 0 Å². The highest BCUT2D eigenvalue weighted by atomic mass is 15.1. The Kier molecular flexibility index (Phi) is 5.58. The summed E-state index contributed by atoms with van der Waals surface area (Å²) in [4.78, 5) is 2.28. The largest absolute Gasteiger partial charge is 0.313 e. The van der Waals surface area contributed by atoms with Gasteiger partial charge in [-0.25, -0.2) is 0 Å². The fourth-order valence-corrected chi connectivity index (χ4v) is 2.94. The number of hydrogen-bond donors (Lipinski definition) is 2. The lowest BCUT2D eigenvalue weighted by Crippen LogP contribution is -2.44. The summed E-state index contributed by atoms with van der Waals surface area (Å²) in [5, 5.41) is 7.43. The van der Waals surface area contributed by atoms with Crippen LogP contribution >= 0.6 is 0 Å². The highest BCUT2D eigenvalue weighted by Gasteiger charge is 2.23. The highest BCUT2D eigenvalue weighted by Crippen LogP contribution is 2.24. The number of benzene rings is 1. The van der Waals surface area contributed by atoms with Crippen LogP contribution in [0.4, 0.5) is 0 Å². The zero-order valence-corrected chi connectivity index (χ0v) is 13.3. The van der Waals surface area contributed by atoms with E-state index in [0.717, 1.165) is 26.1 Å². The summed E-state index contributed by atoms with van der Waals surface area (Å²) in [6.07, 6.45) is 1.16. The summed E-state index contributed by atoms with van der Waals surface area (Å²) >= 11 is 0. The van der Waals surface area contributed by atoms with Gasteiger partial charge < -0.3 is 15.5 Å². The Balaban J connectivity index is 2.14. The van der Waals surface area contributed by atoms with Crippen LogP contribution in [-0.4, -0.2) is 38.1 Å². The van der Waals surface area contributed by atoms with Crippen molar-refractivity contribution < 1.29 is 0 Å². The lowest BCUT2D eigenvalue weighted by atomic mass is 9.96. The van der Waals surface area contributed by atoms with Crippen LogP contribution in [0.5, 0.6) is 0 Å². The number of hydrogen-bond acceptors (Lipinski definition) is 3. The Morgan fingerprint density at radius 2 is 2.05 bits per heavy atom. The smallest absolute Gasteiger partial charge is 0.0338 e. The van der Waals surface area contributed by atoms with E-state index < -0.39 is 0 Å². The van der Waals surface area contributed by atoms with Crippen LogP contribution in [0.25, 0.3) is 0 Å². The minimum absolute atomic E-state index is 0.466. The van der Waals surface area contributed by atoms with E-state index in [0.29, 0.717) is 18.0 Å². The van der Waals surface area contributed by atoms with Gasteiger partial charge in [-0.1, -0.05) is 38.1 Å². The maximum Gasteiger partial charge on any atom is 0.0338 e. The average molecular weight is 275 g/mol. The summed E-state index contributed by atoms with van der Waals surface area (Å²) < 4.78 is 0. The molecule has 2 unspecified atom stereocenters. The fourth-order valence-electron chi connectivity index (χ4n) is 2.94. The second-order valence-corrected chi connectivity index (χ2v) is 6.50. The lowest BCUT2D eigenvalue weighted by molar-refractivity contribution is 0.265. The zero-order valence-electron chi connectivity index (χ0n) is 13.3. The van der Waals surface area contributed by atoms with Crippen LogP contribution in [0.1, 0.15) is 37.4 Å². The first-order valence-electron chi connectivity index (χ1n) is 7.77. The Labute approximate surface area is 123 Å². The van der Waals surface area contributed by atoms with Crippen molar-refractivity contribution in [3.05, 3.63) is 35.4 Å². The molecule has 0 saturated heterocycles. The molecule has 0 saturated carbocycles. The van der Waals surface area contributed by atoms with E-state index >= 15 is 0 Å². The summed E-state index contributed by atoms with van der Waals surface area (Å²) in [6, 6.07) is 9.83. The predicted octanol–water partition coefficient (Wildman–Crippen LogP) is 2.40. The summed E-state index contributed by atoms with van der Waals surface area (Å²) in [6.45, 7) is 7.78. The third kappa shape index (κ3) is 4.05. The maximum atomic E-state index is 3.90. The molecular weight excluding hydrogens is 246 g/mol. The normalized spacial score (nSPS) is 20.8. The second kappa shape index (κ2) is 7.21. The van der Waals surface area contributed by atoms with Gasteiger partial charge in [-0.15, -0.1) is 0 Å². The van der Waals surface area contributed by atoms with Gasteiger partial charge in [-0.2, -0.15) is 0 Å². The molecule has 2 rings (SSSR count). The molecule has 1 aliphatic heterocycles. The molecule has 0 amide bonds. The fraction of sp³-hybridized carbons (Fsp3) is 0.647. The zero-order chi connectivity index (χ0) is 14.5. The number of nitrogens with zero attached hydrogens (tertiary/aromatic N) is 1. The number of fused-ring (bicyclic) bond motifs is 1. The summed E-state index contributed by atoms with van der Waals surface area (Å²) in [5.41, 5.74) is 2.91. The number of likely N-dealkylation sites (N-methyl/N-ethyl adjacent to an activating group) is 1. The molecule has 1 aliphatic rings. The molecule has 1 heterocycles. The quantitative estimate of drug-likeness (QED) is 0.864. The van der Waals surface area contributed by atoms with Crippen molar-refractivity contribution in [2.45, 2.75) is 38.9 Å². The summed E-state index contributed by atoms with van der Waals surface area (Å²) in [7, 11) is 4.30. The molecule has 20 heavy (non-hydrogen) atoms. The lowest BCUT2D eigenvalue weighted by Gasteiger charge is -2.31. The van der Waals surface area contributed by atoms with E-state index in [1.807, 2.05) is 0 Å². The van der Waals surface area contributed by atoms with Gasteiger partial charge in [0.05, 0.1) is 0 Å². The van der Waals surface area contributed by atoms with Gasteiger partial charge in [-0.05, 0) is 44.1 Å². The van der Waals surface area contributed by atoms with E-state index in [1.54, 1.807) is 0 Å². The van der Waals surface area contributed by atoms with Crippen molar-refractivity contribution in [2.24, 2.45) is 5.92 Å². The molecule has 0 aliphatic carbocycles. The van der Waals surface area contributed by atoms with Crippen LogP contribution in [0.15, 0.2) is 24.3 Å². The van der Waals surface area contributed by atoms with E-state index in [2.05, 4.69) is 67.7 Å². The molecule has 0 radical (unpaired) electrons. The Morgan fingerprint density at radius 1 is 1.30 bits per heavy atom. The topological polar surface area (TPSA) is 27.3 Å². The molecule has 0 fully saturated rings. The monoisotopic (exact) mass is 275 g/mol. The second-order valence-electron chi connectivity index (χ2n) is 6.50.